The molecule has 1 N–H and O–H groups in total. The summed E-state index contributed by atoms with van der Waals surface area (Å²) >= 11 is 0. The SMILES string of the molecule is Cc1nn(C)c(C)c1C(C)NCCCOCC1CC1. The van der Waals surface area contributed by atoms with Crippen LogP contribution in [0.25, 0.3) is 0 Å². The first-order chi connectivity index (χ1) is 9.09. The van der Waals surface area contributed by atoms with Crippen molar-refractivity contribution in [2.75, 3.05) is 19.8 Å². The van der Waals surface area contributed by atoms with Gasteiger partial charge in [0.05, 0.1) is 5.69 Å². The van der Waals surface area contributed by atoms with E-state index in [0.717, 1.165) is 37.8 Å². The lowest BCUT2D eigenvalue weighted by molar-refractivity contribution is 0.121. The van der Waals surface area contributed by atoms with Crippen LogP contribution in [-0.4, -0.2) is 29.5 Å². The van der Waals surface area contributed by atoms with E-state index in [1.165, 1.54) is 24.1 Å². The van der Waals surface area contributed by atoms with E-state index in [9.17, 15) is 0 Å². The van der Waals surface area contributed by atoms with Crippen molar-refractivity contribution in [2.45, 2.75) is 46.1 Å². The Morgan fingerprint density at radius 2 is 2.16 bits per heavy atom. The van der Waals surface area contributed by atoms with E-state index in [4.69, 9.17) is 4.74 Å². The summed E-state index contributed by atoms with van der Waals surface area (Å²) in [4.78, 5) is 0. The van der Waals surface area contributed by atoms with Crippen molar-refractivity contribution in [2.24, 2.45) is 13.0 Å². The molecule has 1 aliphatic rings. The molecule has 1 heterocycles. The predicted octanol–water partition coefficient (Wildman–Crippen LogP) is 2.50. The number of hydrogen-bond donors (Lipinski definition) is 1. The van der Waals surface area contributed by atoms with Crippen molar-refractivity contribution in [3.8, 4) is 0 Å². The van der Waals surface area contributed by atoms with Gasteiger partial charge in [-0.1, -0.05) is 0 Å². The summed E-state index contributed by atoms with van der Waals surface area (Å²) in [7, 11) is 2.00. The zero-order valence-corrected chi connectivity index (χ0v) is 12.7. The molecule has 108 valence electrons. The maximum atomic E-state index is 5.64. The molecule has 1 fully saturated rings. The Kier molecular flexibility index (Phi) is 4.99. The Morgan fingerprint density at radius 1 is 1.42 bits per heavy atom. The van der Waals surface area contributed by atoms with Gasteiger partial charge in [0.1, 0.15) is 0 Å². The van der Waals surface area contributed by atoms with E-state index >= 15 is 0 Å². The summed E-state index contributed by atoms with van der Waals surface area (Å²) < 4.78 is 7.60. The van der Waals surface area contributed by atoms with E-state index in [-0.39, 0.29) is 0 Å². The number of aryl methyl sites for hydroxylation is 2. The quantitative estimate of drug-likeness (QED) is 0.734. The summed E-state index contributed by atoms with van der Waals surface area (Å²) in [5.74, 6) is 0.868. The lowest BCUT2D eigenvalue weighted by Gasteiger charge is -2.14. The highest BCUT2D eigenvalue weighted by molar-refractivity contribution is 5.27. The van der Waals surface area contributed by atoms with Crippen molar-refractivity contribution in [1.82, 2.24) is 15.1 Å². The Balaban J connectivity index is 1.66. The smallest absolute Gasteiger partial charge is 0.0644 e. The molecule has 1 saturated carbocycles. The molecule has 0 bridgehead atoms. The third-order valence-electron chi connectivity index (χ3n) is 3.96. The Bertz CT molecular complexity index is 410. The second kappa shape index (κ2) is 6.53. The standard InChI is InChI=1S/C15H27N3O/c1-11(15-12(2)17-18(4)13(15)3)16-8-5-9-19-10-14-6-7-14/h11,14,16H,5-10H2,1-4H3. The summed E-state index contributed by atoms with van der Waals surface area (Å²) in [6, 6.07) is 0.358. The van der Waals surface area contributed by atoms with Gasteiger partial charge in [0.25, 0.3) is 0 Å². The Hall–Kier alpha value is -0.870. The number of ether oxygens (including phenoxy) is 1. The first-order valence-corrected chi connectivity index (χ1v) is 7.40. The molecule has 0 aliphatic heterocycles. The molecule has 2 rings (SSSR count). The van der Waals surface area contributed by atoms with E-state index in [0.29, 0.717) is 6.04 Å². The molecule has 1 unspecified atom stereocenters. The molecule has 0 saturated heterocycles. The number of hydrogen-bond acceptors (Lipinski definition) is 3. The van der Waals surface area contributed by atoms with Crippen molar-refractivity contribution in [1.29, 1.82) is 0 Å². The third kappa shape index (κ3) is 4.05. The number of nitrogens with one attached hydrogen (secondary N) is 1. The first kappa shape index (κ1) is 14.5. The van der Waals surface area contributed by atoms with Crippen LogP contribution >= 0.6 is 0 Å². The highest BCUT2D eigenvalue weighted by Gasteiger charge is 2.20. The van der Waals surface area contributed by atoms with E-state index in [1.807, 2.05) is 11.7 Å². The number of rotatable bonds is 8. The molecule has 19 heavy (non-hydrogen) atoms. The van der Waals surface area contributed by atoms with Crippen molar-refractivity contribution < 1.29 is 4.74 Å². The van der Waals surface area contributed by atoms with Crippen LogP contribution in [-0.2, 0) is 11.8 Å². The molecule has 4 heteroatoms. The van der Waals surface area contributed by atoms with Gasteiger partial charge in [-0.25, -0.2) is 0 Å². The second-order valence-corrected chi connectivity index (χ2v) is 5.76. The molecule has 0 aromatic carbocycles. The highest BCUT2D eigenvalue weighted by Crippen LogP contribution is 2.28. The second-order valence-electron chi connectivity index (χ2n) is 5.76. The average molecular weight is 265 g/mol. The molecular weight excluding hydrogens is 238 g/mol. The van der Waals surface area contributed by atoms with Crippen LogP contribution in [0.3, 0.4) is 0 Å². The van der Waals surface area contributed by atoms with Gasteiger partial charge in [-0.2, -0.15) is 5.10 Å². The third-order valence-corrected chi connectivity index (χ3v) is 3.96. The first-order valence-electron chi connectivity index (χ1n) is 7.40. The predicted molar refractivity (Wildman–Crippen MR) is 77.3 cm³/mol. The van der Waals surface area contributed by atoms with Crippen molar-refractivity contribution >= 4 is 0 Å². The van der Waals surface area contributed by atoms with Gasteiger partial charge >= 0.3 is 0 Å². The fourth-order valence-corrected chi connectivity index (χ4v) is 2.55. The summed E-state index contributed by atoms with van der Waals surface area (Å²) in [5.41, 5.74) is 3.72. The lowest BCUT2D eigenvalue weighted by atomic mass is 10.1. The zero-order valence-electron chi connectivity index (χ0n) is 12.7. The fraction of sp³-hybridized carbons (Fsp3) is 0.800. The van der Waals surface area contributed by atoms with Crippen molar-refractivity contribution in [3.63, 3.8) is 0 Å². The van der Waals surface area contributed by atoms with Crippen LogP contribution < -0.4 is 5.32 Å². The minimum absolute atomic E-state index is 0.358. The van der Waals surface area contributed by atoms with Gasteiger partial charge in [0.15, 0.2) is 0 Å². The van der Waals surface area contributed by atoms with E-state index in [1.54, 1.807) is 0 Å². The minimum Gasteiger partial charge on any atom is -0.381 e. The summed E-state index contributed by atoms with van der Waals surface area (Å²) in [6.45, 7) is 9.27. The average Bonchev–Trinajstić information content (AvgIpc) is 3.13. The lowest BCUT2D eigenvalue weighted by Crippen LogP contribution is -2.22. The molecule has 0 spiro atoms. The number of aromatic nitrogens is 2. The molecule has 1 aromatic heterocycles. The van der Waals surface area contributed by atoms with Crippen LogP contribution in [0, 0.1) is 19.8 Å². The van der Waals surface area contributed by atoms with Gasteiger partial charge in [0.2, 0.25) is 0 Å². The van der Waals surface area contributed by atoms with Gasteiger partial charge in [0, 0.05) is 37.6 Å². The van der Waals surface area contributed by atoms with Gasteiger partial charge in [-0.15, -0.1) is 0 Å². The molecule has 0 radical (unpaired) electrons. The van der Waals surface area contributed by atoms with Crippen molar-refractivity contribution in [3.05, 3.63) is 17.0 Å². The van der Waals surface area contributed by atoms with Gasteiger partial charge in [-0.05, 0) is 52.5 Å². The highest BCUT2D eigenvalue weighted by atomic mass is 16.5. The molecule has 1 atom stereocenters. The largest absolute Gasteiger partial charge is 0.381 e. The molecule has 0 amide bonds. The van der Waals surface area contributed by atoms with Crippen LogP contribution in [0.5, 0.6) is 0 Å². The molecule has 1 aliphatic carbocycles. The van der Waals surface area contributed by atoms with Crippen LogP contribution in [0.1, 0.15) is 49.2 Å². The summed E-state index contributed by atoms with van der Waals surface area (Å²) in [6.07, 6.45) is 3.82. The van der Waals surface area contributed by atoms with E-state index in [2.05, 4.69) is 31.2 Å². The maximum Gasteiger partial charge on any atom is 0.0644 e. The summed E-state index contributed by atoms with van der Waals surface area (Å²) in [5, 5.41) is 8.03. The monoisotopic (exact) mass is 265 g/mol. The van der Waals surface area contributed by atoms with Crippen LogP contribution in [0.4, 0.5) is 0 Å². The topological polar surface area (TPSA) is 39.1 Å². The molecule has 4 nitrogen and oxygen atoms in total. The van der Waals surface area contributed by atoms with Crippen LogP contribution in [0.15, 0.2) is 0 Å². The van der Waals surface area contributed by atoms with Gasteiger partial charge in [-0.3, -0.25) is 4.68 Å². The normalized spacial score (nSPS) is 16.8. The maximum absolute atomic E-state index is 5.64. The Morgan fingerprint density at radius 3 is 2.74 bits per heavy atom. The minimum atomic E-state index is 0.358. The Labute approximate surface area is 116 Å². The molecular formula is C15H27N3O. The number of nitrogens with zero attached hydrogens (tertiary/aromatic N) is 2. The van der Waals surface area contributed by atoms with Gasteiger partial charge < -0.3 is 10.1 Å². The van der Waals surface area contributed by atoms with Crippen LogP contribution in [0.2, 0.25) is 0 Å². The zero-order chi connectivity index (χ0) is 13.8. The van der Waals surface area contributed by atoms with E-state index < -0.39 is 0 Å². The molecule has 1 aromatic rings. The fourth-order valence-electron chi connectivity index (χ4n) is 2.55.